The predicted octanol–water partition coefficient (Wildman–Crippen LogP) is 1.55. The number of aliphatic hydroxyl groups excluding tert-OH is 2. The molecule has 0 heterocycles. The van der Waals surface area contributed by atoms with Crippen LogP contribution in [0.3, 0.4) is 0 Å². The molecule has 0 aromatic heterocycles. The molecular formula is C29H38N4O7. The third kappa shape index (κ3) is 4.38. The molecule has 3 atom stereocenters. The number of aliphatic hydroxyl groups is 3. The number of Topliss-reactive ketones (excluding diaryl/α,β-unsaturated/α-hetero) is 2. The van der Waals surface area contributed by atoms with Crippen molar-refractivity contribution in [2.75, 3.05) is 39.6 Å². The molecular weight excluding hydrogens is 516 g/mol. The number of amides is 1. The minimum atomic E-state index is -2.70. The van der Waals surface area contributed by atoms with E-state index in [4.69, 9.17) is 5.73 Å². The van der Waals surface area contributed by atoms with Crippen molar-refractivity contribution in [2.24, 2.45) is 17.1 Å². The molecule has 0 aliphatic heterocycles. The van der Waals surface area contributed by atoms with Gasteiger partial charge in [0.15, 0.2) is 5.60 Å². The minimum Gasteiger partial charge on any atom is -0.510 e. The van der Waals surface area contributed by atoms with Crippen LogP contribution in [0.4, 0.5) is 5.69 Å². The number of nitrogens with two attached hydrogens (primary N) is 1. The molecule has 7 N–H and O–H groups in total. The second-order valence-corrected chi connectivity index (χ2v) is 12.4. The van der Waals surface area contributed by atoms with Gasteiger partial charge >= 0.3 is 0 Å². The molecule has 216 valence electrons. The summed E-state index contributed by atoms with van der Waals surface area (Å²) in [6.07, 6.45) is 1.57. The van der Waals surface area contributed by atoms with Gasteiger partial charge in [-0.05, 0) is 43.6 Å². The molecule has 11 heteroatoms. The summed E-state index contributed by atoms with van der Waals surface area (Å²) >= 11 is 0. The lowest BCUT2D eigenvalue weighted by molar-refractivity contribution is -0.146. The number of hydrogen-bond donors (Lipinski definition) is 6. The van der Waals surface area contributed by atoms with Crippen LogP contribution in [-0.4, -0.2) is 89.2 Å². The maximum atomic E-state index is 14.0. The van der Waals surface area contributed by atoms with Gasteiger partial charge in [-0.3, -0.25) is 19.3 Å². The summed E-state index contributed by atoms with van der Waals surface area (Å²) in [5.41, 5.74) is 3.35. The number of hydrogen-bond acceptors (Lipinski definition) is 10. The lowest BCUT2D eigenvalue weighted by Crippen LogP contribution is -2.62. The Morgan fingerprint density at radius 3 is 2.30 bits per heavy atom. The Bertz CT molecular complexity index is 1410. The summed E-state index contributed by atoms with van der Waals surface area (Å²) in [7, 11) is 6.78. The molecule has 1 aromatic carbocycles. The number of carbonyl (C=O) groups is 3. The van der Waals surface area contributed by atoms with Gasteiger partial charge in [-0.15, -0.1) is 0 Å². The van der Waals surface area contributed by atoms with Gasteiger partial charge in [0.25, 0.3) is 5.91 Å². The molecule has 0 saturated carbocycles. The van der Waals surface area contributed by atoms with Crippen molar-refractivity contribution in [2.45, 2.75) is 45.4 Å². The van der Waals surface area contributed by atoms with E-state index in [1.807, 2.05) is 4.90 Å². The van der Waals surface area contributed by atoms with Gasteiger partial charge in [-0.25, -0.2) is 0 Å². The van der Waals surface area contributed by atoms with E-state index in [1.165, 1.54) is 4.90 Å². The zero-order valence-corrected chi connectivity index (χ0v) is 23.9. The van der Waals surface area contributed by atoms with E-state index in [0.29, 0.717) is 28.9 Å². The standard InChI is InChI=1S/C29H38N4O7/c1-28(2,3)12-31-11-14-10-17(32(4)5)15-8-13-9-16-21(33(6)7)24(36)20(27(30)39)26(38)29(16,40)25(37)18(13)23(35)19(15)22(14)34/h8,10,16,21,31,34,36-37,40H,9,11-12H2,1-7H3,(H2,30,39)/t16-,21-,29-/m0/s1. The molecule has 11 nitrogen and oxygen atoms in total. The SMILES string of the molecule is CN(C)c1cc(CNCC(C)(C)C)c(O)c2c1C=C1C[C@H]3[C@H](N(C)C)C(O)=C(C(N)=O)C(=O)[C@@]3(O)C(O)=C1C2=O. The van der Waals surface area contributed by atoms with Crippen molar-refractivity contribution in [3.8, 4) is 5.75 Å². The third-order valence-electron chi connectivity index (χ3n) is 7.81. The molecule has 1 aromatic rings. The number of fused-ring (bicyclic) bond motifs is 3. The highest BCUT2D eigenvalue weighted by Gasteiger charge is 2.62. The number of ketones is 2. The van der Waals surface area contributed by atoms with Crippen LogP contribution in [0.25, 0.3) is 6.08 Å². The van der Waals surface area contributed by atoms with Crippen LogP contribution >= 0.6 is 0 Å². The van der Waals surface area contributed by atoms with Crippen LogP contribution in [0.2, 0.25) is 0 Å². The molecule has 1 amide bonds. The molecule has 0 fully saturated rings. The van der Waals surface area contributed by atoms with Crippen LogP contribution in [0.15, 0.2) is 34.3 Å². The fraction of sp³-hybridized carbons (Fsp3) is 0.483. The van der Waals surface area contributed by atoms with Crippen LogP contribution < -0.4 is 16.0 Å². The van der Waals surface area contributed by atoms with Gasteiger partial charge in [0.1, 0.15) is 22.8 Å². The third-order valence-corrected chi connectivity index (χ3v) is 7.81. The predicted molar refractivity (Wildman–Crippen MR) is 150 cm³/mol. The molecule has 3 aliphatic carbocycles. The lowest BCUT2D eigenvalue weighted by Gasteiger charge is -2.48. The number of likely N-dealkylation sites (N-methyl/N-ethyl adjacent to an activating group) is 1. The highest BCUT2D eigenvalue weighted by atomic mass is 16.3. The number of aromatic hydroxyl groups is 1. The number of anilines is 1. The molecule has 0 saturated heterocycles. The van der Waals surface area contributed by atoms with Crippen molar-refractivity contribution >= 4 is 29.2 Å². The number of nitrogens with one attached hydrogen (secondary N) is 1. The Hall–Kier alpha value is -3.67. The zero-order valence-electron chi connectivity index (χ0n) is 23.9. The summed E-state index contributed by atoms with van der Waals surface area (Å²) in [5, 5.41) is 48.6. The van der Waals surface area contributed by atoms with Crippen LogP contribution in [0, 0.1) is 11.3 Å². The highest BCUT2D eigenvalue weighted by molar-refractivity contribution is 6.26. The Kier molecular flexibility index (Phi) is 7.15. The van der Waals surface area contributed by atoms with Crippen molar-refractivity contribution in [3.05, 3.63) is 51.0 Å². The monoisotopic (exact) mass is 554 g/mol. The van der Waals surface area contributed by atoms with Gasteiger partial charge in [0.2, 0.25) is 11.6 Å². The topological polar surface area (TPSA) is 177 Å². The fourth-order valence-electron chi connectivity index (χ4n) is 5.97. The molecule has 0 unspecified atom stereocenters. The van der Waals surface area contributed by atoms with E-state index in [9.17, 15) is 34.8 Å². The summed E-state index contributed by atoms with van der Waals surface area (Å²) in [5.74, 6) is -6.24. The Balaban J connectivity index is 1.94. The molecule has 0 bridgehead atoms. The summed E-state index contributed by atoms with van der Waals surface area (Å²) in [6.45, 7) is 7.12. The van der Waals surface area contributed by atoms with Crippen LogP contribution in [0.1, 0.15) is 48.7 Å². The highest BCUT2D eigenvalue weighted by Crippen LogP contribution is 2.52. The molecule has 40 heavy (non-hydrogen) atoms. The van der Waals surface area contributed by atoms with E-state index < -0.39 is 52.1 Å². The zero-order chi connectivity index (χ0) is 30.1. The van der Waals surface area contributed by atoms with E-state index in [2.05, 4.69) is 26.1 Å². The Morgan fingerprint density at radius 2 is 1.77 bits per heavy atom. The Morgan fingerprint density at radius 1 is 1.15 bits per heavy atom. The van der Waals surface area contributed by atoms with E-state index in [0.717, 1.165) is 0 Å². The normalized spacial score (nSPS) is 24.6. The van der Waals surface area contributed by atoms with E-state index >= 15 is 0 Å². The number of phenolic OH excluding ortho intramolecular Hbond substituents is 1. The second kappa shape index (κ2) is 9.76. The number of carbonyl (C=O) groups excluding carboxylic acids is 3. The smallest absolute Gasteiger partial charge is 0.255 e. The summed E-state index contributed by atoms with van der Waals surface area (Å²) in [4.78, 5) is 42.9. The van der Waals surface area contributed by atoms with Crippen LogP contribution in [0.5, 0.6) is 5.75 Å². The minimum absolute atomic E-state index is 0.0179. The number of phenols is 1. The summed E-state index contributed by atoms with van der Waals surface area (Å²) < 4.78 is 0. The fourth-order valence-corrected chi connectivity index (χ4v) is 5.97. The van der Waals surface area contributed by atoms with E-state index in [-0.39, 0.29) is 35.3 Å². The van der Waals surface area contributed by atoms with Crippen molar-refractivity contribution in [1.82, 2.24) is 10.2 Å². The molecule has 4 rings (SSSR count). The van der Waals surface area contributed by atoms with Crippen molar-refractivity contribution in [3.63, 3.8) is 0 Å². The largest absolute Gasteiger partial charge is 0.510 e. The molecule has 3 aliphatic rings. The first-order chi connectivity index (χ1) is 18.4. The van der Waals surface area contributed by atoms with Gasteiger partial charge in [0, 0.05) is 49.9 Å². The first-order valence-electron chi connectivity index (χ1n) is 13.1. The number of benzene rings is 1. The molecule has 0 spiro atoms. The number of primary amides is 1. The number of nitrogens with zero attached hydrogens (tertiary/aromatic N) is 2. The van der Waals surface area contributed by atoms with Gasteiger partial charge in [-0.2, -0.15) is 0 Å². The van der Waals surface area contributed by atoms with E-state index in [1.54, 1.807) is 40.3 Å². The average Bonchev–Trinajstić information content (AvgIpc) is 2.81. The summed E-state index contributed by atoms with van der Waals surface area (Å²) in [6, 6.07) is 0.729. The first kappa shape index (κ1) is 29.3. The quantitative estimate of drug-likeness (QED) is 0.283. The second-order valence-electron chi connectivity index (χ2n) is 12.4. The van der Waals surface area contributed by atoms with Gasteiger partial charge in [-0.1, -0.05) is 20.8 Å². The number of rotatable bonds is 6. The Labute approximate surface area is 233 Å². The average molecular weight is 555 g/mol. The van der Waals surface area contributed by atoms with Crippen LogP contribution in [-0.2, 0) is 16.1 Å². The van der Waals surface area contributed by atoms with Crippen molar-refractivity contribution < 1.29 is 34.8 Å². The maximum absolute atomic E-state index is 14.0. The first-order valence-corrected chi connectivity index (χ1v) is 13.1. The maximum Gasteiger partial charge on any atom is 0.255 e. The van der Waals surface area contributed by atoms with Gasteiger partial charge in [0.05, 0.1) is 17.2 Å². The molecule has 0 radical (unpaired) electrons. The van der Waals surface area contributed by atoms with Crippen molar-refractivity contribution in [1.29, 1.82) is 0 Å². The number of allylic oxidation sites excluding steroid dienone is 2. The lowest BCUT2D eigenvalue weighted by atomic mass is 9.61. The van der Waals surface area contributed by atoms with Gasteiger partial charge < -0.3 is 36.4 Å².